The van der Waals surface area contributed by atoms with Crippen LogP contribution in [0.25, 0.3) is 0 Å². The molecule has 0 aromatic heterocycles. The van der Waals surface area contributed by atoms with Crippen LogP contribution in [-0.2, 0) is 16.0 Å². The van der Waals surface area contributed by atoms with Crippen LogP contribution in [0.1, 0.15) is 19.4 Å². The van der Waals surface area contributed by atoms with Crippen molar-refractivity contribution in [2.45, 2.75) is 20.3 Å². The Morgan fingerprint density at radius 1 is 1.03 bits per heavy atom. The molecule has 0 saturated heterocycles. The normalized spacial score (nSPS) is 12.2. The number of hydrogen-bond acceptors (Lipinski definition) is 5. The Balaban J connectivity index is 1.51. The Kier molecular flexibility index (Phi) is 6.94. The first kappa shape index (κ1) is 20.5. The van der Waals surface area contributed by atoms with Gasteiger partial charge in [-0.1, -0.05) is 19.1 Å². The van der Waals surface area contributed by atoms with Gasteiger partial charge in [-0.3, -0.25) is 9.59 Å². The fourth-order valence-corrected chi connectivity index (χ4v) is 2.93. The number of carbonyl (C=O) groups is 2. The number of rotatable bonds is 8. The van der Waals surface area contributed by atoms with Gasteiger partial charge in [0.05, 0.1) is 6.54 Å². The third-order valence-corrected chi connectivity index (χ3v) is 4.59. The van der Waals surface area contributed by atoms with Crippen LogP contribution < -0.4 is 19.5 Å². The maximum Gasteiger partial charge on any atom is 0.260 e. The predicted octanol–water partition coefficient (Wildman–Crippen LogP) is 2.89. The van der Waals surface area contributed by atoms with Crippen LogP contribution in [0.15, 0.2) is 42.5 Å². The molecular weight excluding hydrogens is 372 g/mol. The molecule has 0 unspecified atom stereocenters. The van der Waals surface area contributed by atoms with Crippen molar-refractivity contribution in [3.05, 3.63) is 48.0 Å². The van der Waals surface area contributed by atoms with Gasteiger partial charge in [0, 0.05) is 18.3 Å². The smallest absolute Gasteiger partial charge is 0.260 e. The molecule has 3 rings (SSSR count). The molecule has 0 radical (unpaired) electrons. The van der Waals surface area contributed by atoms with E-state index in [2.05, 4.69) is 12.2 Å². The summed E-state index contributed by atoms with van der Waals surface area (Å²) in [7, 11) is 0. The van der Waals surface area contributed by atoms with Gasteiger partial charge in [-0.05, 0) is 43.2 Å². The summed E-state index contributed by atoms with van der Waals surface area (Å²) >= 11 is 0. The van der Waals surface area contributed by atoms with Gasteiger partial charge < -0.3 is 24.4 Å². The van der Waals surface area contributed by atoms with E-state index in [0.717, 1.165) is 6.42 Å². The van der Waals surface area contributed by atoms with Gasteiger partial charge in [0.25, 0.3) is 5.91 Å². The molecule has 0 spiro atoms. The number of amides is 2. The number of benzene rings is 2. The molecule has 29 heavy (non-hydrogen) atoms. The number of ether oxygens (including phenoxy) is 3. The third kappa shape index (κ3) is 5.63. The molecule has 0 saturated carbocycles. The Hall–Kier alpha value is -3.22. The predicted molar refractivity (Wildman–Crippen MR) is 110 cm³/mol. The van der Waals surface area contributed by atoms with E-state index in [1.165, 1.54) is 10.5 Å². The van der Waals surface area contributed by atoms with Gasteiger partial charge in [0.1, 0.15) is 19.0 Å². The van der Waals surface area contributed by atoms with E-state index in [1.807, 2.05) is 31.2 Å². The average Bonchev–Trinajstić information content (AvgIpc) is 2.76. The second-order valence-corrected chi connectivity index (χ2v) is 6.60. The molecular formula is C22H26N2O5. The van der Waals surface area contributed by atoms with Gasteiger partial charge in [0.15, 0.2) is 18.1 Å². The SMILES string of the molecule is CCc1ccc(OCC(=O)N(CC)CC(=O)Nc2ccc3c(c2)OCCO3)cc1. The standard InChI is InChI=1S/C22H26N2O5/c1-3-16-5-8-18(9-6-16)29-15-22(26)24(4-2)14-21(25)23-17-7-10-19-20(13-17)28-12-11-27-19/h5-10,13H,3-4,11-12,14-15H2,1-2H3,(H,23,25). The van der Waals surface area contributed by atoms with Gasteiger partial charge in [-0.15, -0.1) is 0 Å². The average molecular weight is 398 g/mol. The number of hydrogen-bond donors (Lipinski definition) is 1. The summed E-state index contributed by atoms with van der Waals surface area (Å²) in [5.41, 5.74) is 1.80. The molecule has 0 atom stereocenters. The lowest BCUT2D eigenvalue weighted by molar-refractivity contribution is -0.136. The van der Waals surface area contributed by atoms with Gasteiger partial charge >= 0.3 is 0 Å². The van der Waals surface area contributed by atoms with Crippen LogP contribution >= 0.6 is 0 Å². The van der Waals surface area contributed by atoms with E-state index in [0.29, 0.717) is 42.7 Å². The quantitative estimate of drug-likeness (QED) is 0.740. The minimum atomic E-state index is -0.288. The highest BCUT2D eigenvalue weighted by molar-refractivity contribution is 5.95. The number of anilines is 1. The van der Waals surface area contributed by atoms with Crippen LogP contribution in [0.2, 0.25) is 0 Å². The van der Waals surface area contributed by atoms with E-state index in [9.17, 15) is 9.59 Å². The maximum absolute atomic E-state index is 12.4. The van der Waals surface area contributed by atoms with Crippen molar-refractivity contribution in [1.29, 1.82) is 0 Å². The molecule has 0 aliphatic carbocycles. The number of aryl methyl sites for hydroxylation is 1. The molecule has 0 bridgehead atoms. The number of carbonyl (C=O) groups excluding carboxylic acids is 2. The largest absolute Gasteiger partial charge is 0.486 e. The second kappa shape index (κ2) is 9.82. The molecule has 7 nitrogen and oxygen atoms in total. The molecule has 0 fully saturated rings. The minimum absolute atomic E-state index is 0.0537. The lowest BCUT2D eigenvalue weighted by Gasteiger charge is -2.21. The van der Waals surface area contributed by atoms with Crippen molar-refractivity contribution in [3.8, 4) is 17.2 Å². The lowest BCUT2D eigenvalue weighted by atomic mass is 10.2. The molecule has 2 aromatic rings. The number of nitrogens with zero attached hydrogens (tertiary/aromatic N) is 1. The van der Waals surface area contributed by atoms with Crippen LogP contribution in [0.3, 0.4) is 0 Å². The van der Waals surface area contributed by atoms with Gasteiger partial charge in [-0.25, -0.2) is 0 Å². The monoisotopic (exact) mass is 398 g/mol. The highest BCUT2D eigenvalue weighted by atomic mass is 16.6. The van der Waals surface area contributed by atoms with Crippen LogP contribution in [0.4, 0.5) is 5.69 Å². The Morgan fingerprint density at radius 3 is 2.45 bits per heavy atom. The van der Waals surface area contributed by atoms with Gasteiger partial charge in [-0.2, -0.15) is 0 Å². The third-order valence-electron chi connectivity index (χ3n) is 4.59. The molecule has 1 aliphatic heterocycles. The summed E-state index contributed by atoms with van der Waals surface area (Å²) in [5, 5.41) is 2.79. The number of likely N-dealkylation sites (N-methyl/N-ethyl adjacent to an activating group) is 1. The van der Waals surface area contributed by atoms with Crippen LogP contribution in [0.5, 0.6) is 17.2 Å². The van der Waals surface area contributed by atoms with Gasteiger partial charge in [0.2, 0.25) is 5.91 Å². The second-order valence-electron chi connectivity index (χ2n) is 6.60. The summed E-state index contributed by atoms with van der Waals surface area (Å²) in [5.74, 6) is 1.35. The van der Waals surface area contributed by atoms with Crippen molar-refractivity contribution >= 4 is 17.5 Å². The van der Waals surface area contributed by atoms with E-state index < -0.39 is 0 Å². The molecule has 1 N–H and O–H groups in total. The molecule has 1 heterocycles. The fourth-order valence-electron chi connectivity index (χ4n) is 2.93. The molecule has 154 valence electrons. The Labute approximate surface area is 170 Å². The molecule has 2 amide bonds. The van der Waals surface area contributed by atoms with Crippen molar-refractivity contribution in [3.63, 3.8) is 0 Å². The van der Waals surface area contributed by atoms with Crippen molar-refractivity contribution in [1.82, 2.24) is 4.90 Å². The van der Waals surface area contributed by atoms with E-state index in [4.69, 9.17) is 14.2 Å². The lowest BCUT2D eigenvalue weighted by Crippen LogP contribution is -2.40. The molecule has 2 aromatic carbocycles. The first-order chi connectivity index (χ1) is 14.1. The van der Waals surface area contributed by atoms with Crippen molar-refractivity contribution in [2.24, 2.45) is 0 Å². The first-order valence-electron chi connectivity index (χ1n) is 9.78. The van der Waals surface area contributed by atoms with E-state index >= 15 is 0 Å². The fraction of sp³-hybridized carbons (Fsp3) is 0.364. The zero-order valence-corrected chi connectivity index (χ0v) is 16.8. The maximum atomic E-state index is 12.4. The summed E-state index contributed by atoms with van der Waals surface area (Å²) in [6.07, 6.45) is 0.946. The van der Waals surface area contributed by atoms with Crippen LogP contribution in [0, 0.1) is 0 Å². The zero-order valence-electron chi connectivity index (χ0n) is 16.8. The molecule has 7 heteroatoms. The summed E-state index contributed by atoms with van der Waals surface area (Å²) in [4.78, 5) is 26.3. The minimum Gasteiger partial charge on any atom is -0.486 e. The van der Waals surface area contributed by atoms with E-state index in [-0.39, 0.29) is 25.0 Å². The summed E-state index contributed by atoms with van der Waals surface area (Å²) in [6.45, 7) is 5.13. The molecule has 1 aliphatic rings. The summed E-state index contributed by atoms with van der Waals surface area (Å²) < 4.78 is 16.5. The van der Waals surface area contributed by atoms with Crippen molar-refractivity contribution in [2.75, 3.05) is 38.2 Å². The summed E-state index contributed by atoms with van der Waals surface area (Å²) in [6, 6.07) is 12.8. The van der Waals surface area contributed by atoms with E-state index in [1.54, 1.807) is 18.2 Å². The topological polar surface area (TPSA) is 77.1 Å². The highest BCUT2D eigenvalue weighted by Crippen LogP contribution is 2.32. The number of fused-ring (bicyclic) bond motifs is 1. The van der Waals surface area contributed by atoms with Crippen molar-refractivity contribution < 1.29 is 23.8 Å². The van der Waals surface area contributed by atoms with Crippen LogP contribution in [-0.4, -0.2) is 49.6 Å². The zero-order chi connectivity index (χ0) is 20.6. The Bertz CT molecular complexity index is 851. The number of nitrogens with one attached hydrogen (secondary N) is 1. The Morgan fingerprint density at radius 2 is 1.76 bits per heavy atom. The highest BCUT2D eigenvalue weighted by Gasteiger charge is 2.18. The first-order valence-corrected chi connectivity index (χ1v) is 9.78.